The second kappa shape index (κ2) is 17.2. The van der Waals surface area contributed by atoms with E-state index in [2.05, 4.69) is 6.92 Å². The molecule has 1 aliphatic heterocycles. The number of Topliss-reactive ketones (excluding diaryl/α,β-unsaturated/α-hetero) is 1. The first-order chi connectivity index (χ1) is 20.8. The number of rotatable bonds is 23. The van der Waals surface area contributed by atoms with Gasteiger partial charge in [-0.15, -0.1) is 0 Å². The number of nitrogens with zero attached hydrogens (tertiary/aromatic N) is 1. The summed E-state index contributed by atoms with van der Waals surface area (Å²) in [6.45, 7) is 5.55. The second-order valence-electron chi connectivity index (χ2n) is 14.4. The van der Waals surface area contributed by atoms with Crippen LogP contribution in [0.2, 0.25) is 0 Å². The van der Waals surface area contributed by atoms with Gasteiger partial charge in [-0.25, -0.2) is 0 Å². The van der Waals surface area contributed by atoms with Crippen LogP contribution >= 0.6 is 0 Å². The Kier molecular flexibility index (Phi) is 13.7. The fraction of sp³-hybridized carbons (Fsp3) is 0.811. The second-order valence-corrected chi connectivity index (χ2v) is 14.4. The van der Waals surface area contributed by atoms with Gasteiger partial charge in [0.2, 0.25) is 0 Å². The molecule has 1 aromatic rings. The molecule has 3 fully saturated rings. The van der Waals surface area contributed by atoms with Gasteiger partial charge < -0.3 is 19.7 Å². The number of hydrogen-bond donors (Lipinski definition) is 2. The van der Waals surface area contributed by atoms with Crippen molar-refractivity contribution in [1.82, 2.24) is 4.90 Å². The number of benzene rings is 1. The van der Waals surface area contributed by atoms with Crippen LogP contribution in [0.4, 0.5) is 0 Å². The first-order valence-corrected chi connectivity index (χ1v) is 17.8. The van der Waals surface area contributed by atoms with Gasteiger partial charge in [0.05, 0.1) is 19.8 Å². The molecule has 1 unspecified atom stereocenters. The van der Waals surface area contributed by atoms with Gasteiger partial charge in [-0.3, -0.25) is 9.69 Å². The number of ketones is 1. The molecule has 0 radical (unpaired) electrons. The first-order valence-electron chi connectivity index (χ1n) is 17.8. The van der Waals surface area contributed by atoms with Crippen LogP contribution in [0.25, 0.3) is 0 Å². The van der Waals surface area contributed by atoms with Crippen molar-refractivity contribution in [3.63, 3.8) is 0 Å². The summed E-state index contributed by atoms with van der Waals surface area (Å²) in [6.07, 6.45) is 20.9. The molecule has 6 nitrogen and oxygen atoms in total. The van der Waals surface area contributed by atoms with E-state index < -0.39 is 17.7 Å². The molecule has 0 spiro atoms. The van der Waals surface area contributed by atoms with Crippen molar-refractivity contribution in [2.24, 2.45) is 17.3 Å². The number of methoxy groups -OCH3 is 1. The summed E-state index contributed by atoms with van der Waals surface area (Å²) in [4.78, 5) is 14.9. The average molecular weight is 600 g/mol. The van der Waals surface area contributed by atoms with Crippen molar-refractivity contribution in [2.75, 3.05) is 26.8 Å². The number of carbonyl (C=O) groups excluding carboxylic acids is 1. The molecular weight excluding hydrogens is 538 g/mol. The predicted octanol–water partition coefficient (Wildman–Crippen LogP) is 8.03. The van der Waals surface area contributed by atoms with E-state index in [0.717, 1.165) is 30.1 Å². The van der Waals surface area contributed by atoms with Gasteiger partial charge in [-0.1, -0.05) is 103 Å². The lowest BCUT2D eigenvalue weighted by molar-refractivity contribution is -0.136. The summed E-state index contributed by atoms with van der Waals surface area (Å²) in [5.74, 6) is 3.00. The normalized spacial score (nSPS) is 23.8. The number of carbonyl (C=O) groups is 1. The molecule has 43 heavy (non-hydrogen) atoms. The van der Waals surface area contributed by atoms with Gasteiger partial charge in [-0.2, -0.15) is 0 Å². The Morgan fingerprint density at radius 1 is 0.884 bits per heavy atom. The van der Waals surface area contributed by atoms with E-state index in [-0.39, 0.29) is 11.7 Å². The van der Waals surface area contributed by atoms with Crippen molar-refractivity contribution in [3.05, 3.63) is 23.8 Å². The van der Waals surface area contributed by atoms with E-state index in [1.807, 2.05) is 30.0 Å². The molecule has 244 valence electrons. The third kappa shape index (κ3) is 10.7. The largest absolute Gasteiger partial charge is 0.493 e. The van der Waals surface area contributed by atoms with Crippen molar-refractivity contribution in [1.29, 1.82) is 0 Å². The maximum Gasteiger partial charge on any atom is 0.176 e. The highest BCUT2D eigenvalue weighted by Gasteiger charge is 2.49. The number of ether oxygens (including phenoxy) is 2. The van der Waals surface area contributed by atoms with Crippen LogP contribution in [0.5, 0.6) is 11.5 Å². The molecule has 2 saturated carbocycles. The monoisotopic (exact) mass is 599 g/mol. The minimum absolute atomic E-state index is 0.0449. The number of unbranched alkanes of at least 4 members (excludes halogenated alkanes) is 11. The van der Waals surface area contributed by atoms with Crippen LogP contribution in [0, 0.1) is 17.3 Å². The minimum atomic E-state index is -1.12. The molecule has 0 amide bonds. The lowest BCUT2D eigenvalue weighted by Crippen LogP contribution is -2.42. The standard InChI is InChI=1S/C37H61NO5/c1-28(39)37(2)27-38(25-32(37)31-22-23-34(42-3)35(24-31)43-26-30-20-21-30)36(41)33(40)17-15-13-11-9-7-5-4-6-8-10-12-14-16-29-18-19-29/h22-24,28-30,32,36,39,41H,4-21,25-27H2,1-3H3/t28-,32+,36?,37+/m1/s1. The average Bonchev–Trinajstić information content (AvgIpc) is 3.94. The summed E-state index contributed by atoms with van der Waals surface area (Å²) in [7, 11) is 1.65. The van der Waals surface area contributed by atoms with Gasteiger partial charge >= 0.3 is 0 Å². The number of aliphatic hydroxyl groups excluding tert-OH is 2. The zero-order valence-corrected chi connectivity index (χ0v) is 27.5. The van der Waals surface area contributed by atoms with E-state index >= 15 is 0 Å². The maximum absolute atomic E-state index is 13.0. The molecule has 6 heteroatoms. The Morgan fingerprint density at radius 2 is 1.47 bits per heavy atom. The quantitative estimate of drug-likeness (QED) is 0.124. The highest BCUT2D eigenvalue weighted by atomic mass is 16.5. The van der Waals surface area contributed by atoms with Crippen molar-refractivity contribution in [2.45, 2.75) is 148 Å². The zero-order chi connectivity index (χ0) is 30.7. The highest BCUT2D eigenvalue weighted by molar-refractivity contribution is 5.82. The van der Waals surface area contributed by atoms with E-state index in [4.69, 9.17) is 9.47 Å². The van der Waals surface area contributed by atoms with E-state index in [1.165, 1.54) is 96.3 Å². The minimum Gasteiger partial charge on any atom is -0.493 e. The van der Waals surface area contributed by atoms with E-state index in [9.17, 15) is 15.0 Å². The molecular formula is C37H61NO5. The van der Waals surface area contributed by atoms with Crippen LogP contribution in [-0.2, 0) is 4.79 Å². The van der Waals surface area contributed by atoms with Crippen LogP contribution in [0.15, 0.2) is 18.2 Å². The van der Waals surface area contributed by atoms with Gasteiger partial charge in [0, 0.05) is 30.8 Å². The van der Waals surface area contributed by atoms with Crippen molar-refractivity contribution in [3.8, 4) is 11.5 Å². The number of aliphatic hydroxyl groups is 2. The highest BCUT2D eigenvalue weighted by Crippen LogP contribution is 2.47. The number of hydrogen-bond acceptors (Lipinski definition) is 6. The fourth-order valence-corrected chi connectivity index (χ4v) is 6.91. The van der Waals surface area contributed by atoms with Crippen molar-refractivity contribution < 1.29 is 24.5 Å². The Hall–Kier alpha value is -1.63. The molecule has 1 heterocycles. The third-order valence-electron chi connectivity index (χ3n) is 10.6. The van der Waals surface area contributed by atoms with E-state index in [1.54, 1.807) is 7.11 Å². The van der Waals surface area contributed by atoms with Gasteiger partial charge in [0.25, 0.3) is 0 Å². The lowest BCUT2D eigenvalue weighted by atomic mass is 9.72. The first kappa shape index (κ1) is 34.2. The summed E-state index contributed by atoms with van der Waals surface area (Å²) in [5.41, 5.74) is 0.542. The molecule has 4 rings (SSSR count). The van der Waals surface area contributed by atoms with Gasteiger partial charge in [0.15, 0.2) is 23.5 Å². The summed E-state index contributed by atoms with van der Waals surface area (Å²) in [5, 5.41) is 21.9. The number of likely N-dealkylation sites (tertiary alicyclic amines) is 1. The van der Waals surface area contributed by atoms with Crippen LogP contribution in [0.1, 0.15) is 141 Å². The smallest absolute Gasteiger partial charge is 0.176 e. The summed E-state index contributed by atoms with van der Waals surface area (Å²) < 4.78 is 11.7. The predicted molar refractivity (Wildman–Crippen MR) is 174 cm³/mol. The van der Waals surface area contributed by atoms with Crippen molar-refractivity contribution >= 4 is 5.78 Å². The molecule has 0 aromatic heterocycles. The van der Waals surface area contributed by atoms with Crippen LogP contribution < -0.4 is 9.47 Å². The maximum atomic E-state index is 13.0. The van der Waals surface area contributed by atoms with Crippen LogP contribution in [-0.4, -0.2) is 60.0 Å². The summed E-state index contributed by atoms with van der Waals surface area (Å²) >= 11 is 0. The third-order valence-corrected chi connectivity index (χ3v) is 10.6. The van der Waals surface area contributed by atoms with Crippen LogP contribution in [0.3, 0.4) is 0 Å². The Labute approximate surface area is 261 Å². The van der Waals surface area contributed by atoms with Gasteiger partial charge in [0.1, 0.15) is 0 Å². The Balaban J connectivity index is 1.13. The zero-order valence-electron chi connectivity index (χ0n) is 27.5. The molecule has 1 saturated heterocycles. The molecule has 2 N–H and O–H groups in total. The topological polar surface area (TPSA) is 79.2 Å². The Morgan fingerprint density at radius 3 is 2.02 bits per heavy atom. The molecule has 3 aliphatic rings. The molecule has 2 aliphatic carbocycles. The Bertz CT molecular complexity index is 974. The van der Waals surface area contributed by atoms with E-state index in [0.29, 0.717) is 37.8 Å². The lowest BCUT2D eigenvalue weighted by Gasteiger charge is -2.34. The molecule has 0 bridgehead atoms. The summed E-state index contributed by atoms with van der Waals surface area (Å²) in [6, 6.07) is 5.99. The SMILES string of the molecule is COc1ccc([C@@H]2CN(C(O)C(=O)CCCCCCCCCCCCCCC3CC3)C[C@@]2(C)[C@@H](C)O)cc1OCC1CC1. The molecule has 4 atom stereocenters. The molecule has 1 aromatic carbocycles. The van der Waals surface area contributed by atoms with Gasteiger partial charge in [-0.05, 0) is 55.7 Å². The fourth-order valence-electron chi connectivity index (χ4n) is 6.91.